The normalized spacial score (nSPS) is 11.1. The summed E-state index contributed by atoms with van der Waals surface area (Å²) >= 11 is 3.40. The highest BCUT2D eigenvalue weighted by molar-refractivity contribution is 9.10. The summed E-state index contributed by atoms with van der Waals surface area (Å²) in [5.41, 5.74) is 1.35. The summed E-state index contributed by atoms with van der Waals surface area (Å²) < 4.78 is 22.5. The van der Waals surface area contributed by atoms with Crippen LogP contribution >= 0.6 is 15.9 Å². The molecule has 0 amide bonds. The van der Waals surface area contributed by atoms with Crippen molar-refractivity contribution >= 4 is 38.8 Å². The maximum absolute atomic E-state index is 12.5. The van der Waals surface area contributed by atoms with Gasteiger partial charge in [-0.3, -0.25) is 4.79 Å². The molecule has 0 N–H and O–H groups in total. The molecule has 0 radical (unpaired) electrons. The molecule has 6 heteroatoms. The molecule has 3 rings (SSSR count). The molecule has 26 heavy (non-hydrogen) atoms. The van der Waals surface area contributed by atoms with E-state index in [9.17, 15) is 4.79 Å². The Morgan fingerprint density at radius 2 is 1.65 bits per heavy atom. The monoisotopic (exact) mass is 416 g/mol. The topological polar surface area (TPSA) is 57.9 Å². The largest absolute Gasteiger partial charge is 0.496 e. The molecule has 2 aromatic carbocycles. The number of ketones is 1. The number of fused-ring (bicyclic) bond motifs is 1. The Kier molecular flexibility index (Phi) is 5.32. The number of allylic oxidation sites excluding steroid dienone is 1. The van der Waals surface area contributed by atoms with Gasteiger partial charge >= 0.3 is 0 Å². The lowest BCUT2D eigenvalue weighted by atomic mass is 10.1. The fourth-order valence-corrected chi connectivity index (χ4v) is 2.95. The van der Waals surface area contributed by atoms with Gasteiger partial charge in [0.2, 0.25) is 5.78 Å². The molecule has 1 aromatic heterocycles. The standard InChI is InChI=1S/C20H17BrO5/c1-23-17-11-20(25-3)19(24-2)9-12(17)4-6-15(22)18-10-13-8-14(21)5-7-16(13)26-18/h4-11H,1-3H3/b6-4+. The summed E-state index contributed by atoms with van der Waals surface area (Å²) in [5, 5.41) is 0.861. The molecule has 0 aliphatic rings. The molecule has 0 atom stereocenters. The molecule has 3 aromatic rings. The van der Waals surface area contributed by atoms with E-state index in [0.29, 0.717) is 28.4 Å². The highest BCUT2D eigenvalue weighted by Crippen LogP contribution is 2.35. The van der Waals surface area contributed by atoms with Gasteiger partial charge in [-0.2, -0.15) is 0 Å². The Balaban J connectivity index is 1.91. The third-order valence-electron chi connectivity index (χ3n) is 3.87. The van der Waals surface area contributed by atoms with E-state index in [2.05, 4.69) is 15.9 Å². The van der Waals surface area contributed by atoms with Gasteiger partial charge in [0.15, 0.2) is 17.3 Å². The van der Waals surface area contributed by atoms with Crippen molar-refractivity contribution in [1.82, 2.24) is 0 Å². The molecule has 1 heterocycles. The van der Waals surface area contributed by atoms with Gasteiger partial charge in [0.05, 0.1) is 21.3 Å². The lowest BCUT2D eigenvalue weighted by Crippen LogP contribution is -1.95. The van der Waals surface area contributed by atoms with Gasteiger partial charge < -0.3 is 18.6 Å². The second-order valence-electron chi connectivity index (χ2n) is 5.44. The van der Waals surface area contributed by atoms with E-state index in [1.54, 1.807) is 45.6 Å². The quantitative estimate of drug-likeness (QED) is 0.412. The molecule has 0 saturated heterocycles. The minimum Gasteiger partial charge on any atom is -0.496 e. The zero-order valence-electron chi connectivity index (χ0n) is 14.5. The van der Waals surface area contributed by atoms with E-state index >= 15 is 0 Å². The minimum absolute atomic E-state index is 0.242. The van der Waals surface area contributed by atoms with E-state index in [-0.39, 0.29) is 11.5 Å². The third-order valence-corrected chi connectivity index (χ3v) is 4.36. The molecule has 0 spiro atoms. The van der Waals surface area contributed by atoms with E-state index in [0.717, 1.165) is 9.86 Å². The zero-order valence-corrected chi connectivity index (χ0v) is 16.1. The highest BCUT2D eigenvalue weighted by Gasteiger charge is 2.12. The van der Waals surface area contributed by atoms with Crippen molar-refractivity contribution in [1.29, 1.82) is 0 Å². The first kappa shape index (κ1) is 18.1. The number of hydrogen-bond acceptors (Lipinski definition) is 5. The predicted molar refractivity (Wildman–Crippen MR) is 103 cm³/mol. The first-order valence-electron chi connectivity index (χ1n) is 7.77. The van der Waals surface area contributed by atoms with Crippen LogP contribution < -0.4 is 14.2 Å². The summed E-state index contributed by atoms with van der Waals surface area (Å²) in [5.74, 6) is 1.70. The first-order chi connectivity index (χ1) is 12.5. The summed E-state index contributed by atoms with van der Waals surface area (Å²) in [6, 6.07) is 10.8. The zero-order chi connectivity index (χ0) is 18.7. The summed E-state index contributed by atoms with van der Waals surface area (Å²) in [6.07, 6.45) is 3.10. The van der Waals surface area contributed by atoms with Crippen LogP contribution in [0.15, 0.2) is 51.4 Å². The summed E-state index contributed by atoms with van der Waals surface area (Å²) in [7, 11) is 4.66. The number of carbonyl (C=O) groups excluding carboxylic acids is 1. The number of halogens is 1. The lowest BCUT2D eigenvalue weighted by molar-refractivity contribution is 0.102. The van der Waals surface area contributed by atoms with Crippen LogP contribution in [-0.4, -0.2) is 27.1 Å². The number of furan rings is 1. The number of ether oxygens (including phenoxy) is 3. The van der Waals surface area contributed by atoms with Gasteiger partial charge in [-0.15, -0.1) is 0 Å². The molecule has 0 fully saturated rings. The molecule has 134 valence electrons. The van der Waals surface area contributed by atoms with Crippen molar-refractivity contribution in [3.8, 4) is 17.2 Å². The van der Waals surface area contributed by atoms with E-state index in [1.807, 2.05) is 18.2 Å². The Hall–Kier alpha value is -2.73. The van der Waals surface area contributed by atoms with Crippen LogP contribution in [0.5, 0.6) is 17.2 Å². The van der Waals surface area contributed by atoms with E-state index < -0.39 is 0 Å². The van der Waals surface area contributed by atoms with Crippen molar-refractivity contribution in [2.75, 3.05) is 21.3 Å². The average Bonchev–Trinajstić information content (AvgIpc) is 3.08. The molecule has 0 unspecified atom stereocenters. The van der Waals surface area contributed by atoms with Gasteiger partial charge in [-0.25, -0.2) is 0 Å². The molecule has 0 bridgehead atoms. The molecular weight excluding hydrogens is 400 g/mol. The molecule has 5 nitrogen and oxygen atoms in total. The Labute approximate surface area is 159 Å². The maximum atomic E-state index is 12.5. The van der Waals surface area contributed by atoms with Gasteiger partial charge in [0.25, 0.3) is 0 Å². The SMILES string of the molecule is COc1cc(OC)c(OC)cc1/C=C/C(=O)c1cc2cc(Br)ccc2o1. The minimum atomic E-state index is -0.242. The van der Waals surface area contributed by atoms with Gasteiger partial charge in [0, 0.05) is 21.5 Å². The fraction of sp³-hybridized carbons (Fsp3) is 0.150. The highest BCUT2D eigenvalue weighted by atomic mass is 79.9. The number of methoxy groups -OCH3 is 3. The molecular formula is C20H17BrO5. The van der Waals surface area contributed by atoms with Crippen molar-refractivity contribution in [2.24, 2.45) is 0 Å². The van der Waals surface area contributed by atoms with E-state index in [1.165, 1.54) is 6.08 Å². The van der Waals surface area contributed by atoms with Crippen molar-refractivity contribution in [3.05, 3.63) is 58.3 Å². The summed E-state index contributed by atoms with van der Waals surface area (Å²) in [6.45, 7) is 0. The van der Waals surface area contributed by atoms with Gasteiger partial charge in [-0.05, 0) is 42.5 Å². The average molecular weight is 417 g/mol. The van der Waals surface area contributed by atoms with E-state index in [4.69, 9.17) is 18.6 Å². The van der Waals surface area contributed by atoms with Crippen LogP contribution in [0, 0.1) is 0 Å². The third kappa shape index (κ3) is 3.60. The Morgan fingerprint density at radius 1 is 0.962 bits per heavy atom. The smallest absolute Gasteiger partial charge is 0.221 e. The van der Waals surface area contributed by atoms with Crippen LogP contribution in [0.2, 0.25) is 0 Å². The van der Waals surface area contributed by atoms with Gasteiger partial charge in [0.1, 0.15) is 11.3 Å². The Morgan fingerprint density at radius 3 is 2.35 bits per heavy atom. The second kappa shape index (κ2) is 7.66. The van der Waals surface area contributed by atoms with Crippen LogP contribution in [-0.2, 0) is 0 Å². The number of carbonyl (C=O) groups is 1. The van der Waals surface area contributed by atoms with Crippen molar-refractivity contribution in [2.45, 2.75) is 0 Å². The second-order valence-corrected chi connectivity index (χ2v) is 6.36. The molecule has 0 aliphatic heterocycles. The number of hydrogen-bond donors (Lipinski definition) is 0. The fourth-order valence-electron chi connectivity index (χ4n) is 2.57. The maximum Gasteiger partial charge on any atom is 0.221 e. The Bertz CT molecular complexity index is 987. The molecule has 0 saturated carbocycles. The van der Waals surface area contributed by atoms with Crippen LogP contribution in [0.1, 0.15) is 16.1 Å². The predicted octanol–water partition coefficient (Wildman–Crippen LogP) is 5.12. The van der Waals surface area contributed by atoms with Gasteiger partial charge in [-0.1, -0.05) is 15.9 Å². The van der Waals surface area contributed by atoms with Crippen LogP contribution in [0.3, 0.4) is 0 Å². The number of benzene rings is 2. The van der Waals surface area contributed by atoms with Crippen LogP contribution in [0.25, 0.3) is 17.0 Å². The summed E-state index contributed by atoms with van der Waals surface area (Å²) in [4.78, 5) is 12.5. The number of rotatable bonds is 6. The van der Waals surface area contributed by atoms with Crippen molar-refractivity contribution in [3.63, 3.8) is 0 Å². The van der Waals surface area contributed by atoms with Crippen molar-refractivity contribution < 1.29 is 23.4 Å². The first-order valence-corrected chi connectivity index (χ1v) is 8.56. The lowest BCUT2D eigenvalue weighted by Gasteiger charge is -2.11. The molecule has 0 aliphatic carbocycles. The van der Waals surface area contributed by atoms with Crippen LogP contribution in [0.4, 0.5) is 0 Å².